The van der Waals surface area contributed by atoms with E-state index in [9.17, 15) is 0 Å². The van der Waals surface area contributed by atoms with Crippen molar-refractivity contribution in [2.24, 2.45) is 13.0 Å². The molecule has 6 rings (SSSR count). The summed E-state index contributed by atoms with van der Waals surface area (Å²) in [6.45, 7) is 6.76. The molecule has 0 N–H and O–H groups in total. The van der Waals surface area contributed by atoms with Crippen molar-refractivity contribution in [1.29, 1.82) is 0 Å². The Hall–Kier alpha value is -3.39. The van der Waals surface area contributed by atoms with E-state index in [2.05, 4.69) is 99.1 Å². The fourth-order valence-electron chi connectivity index (χ4n) is 5.24. The van der Waals surface area contributed by atoms with Crippen LogP contribution in [0.15, 0.2) is 66.7 Å². The summed E-state index contributed by atoms with van der Waals surface area (Å²) in [5, 5.41) is 6.30. The first kappa shape index (κ1) is 18.4. The molecule has 0 saturated heterocycles. The lowest BCUT2D eigenvalue weighted by molar-refractivity contribution is -0.633. The van der Waals surface area contributed by atoms with Gasteiger partial charge in [-0.3, -0.25) is 0 Å². The first-order chi connectivity index (χ1) is 15.0. The van der Waals surface area contributed by atoms with Gasteiger partial charge in [0.15, 0.2) is 5.75 Å². The van der Waals surface area contributed by atoms with E-state index in [0.717, 1.165) is 23.6 Å². The highest BCUT2D eigenvalue weighted by molar-refractivity contribution is 6.05. The molecule has 0 aliphatic carbocycles. The molecule has 2 nitrogen and oxygen atoms in total. The van der Waals surface area contributed by atoms with Gasteiger partial charge in [0.1, 0.15) is 12.8 Å². The van der Waals surface area contributed by atoms with Gasteiger partial charge in [0.05, 0.1) is 10.9 Å². The molecular weight excluding hydrogens is 378 g/mol. The minimum Gasteiger partial charge on any atom is -0.450 e. The van der Waals surface area contributed by atoms with Gasteiger partial charge in [0, 0.05) is 17.5 Å². The van der Waals surface area contributed by atoms with E-state index >= 15 is 0 Å². The number of fused-ring (bicyclic) bond motifs is 4. The third kappa shape index (κ3) is 2.68. The SMILES string of the molecule is Cc1ccc2cccc3c2c1-c1c(cc2cc4c(CC(C)C)cccc4cc2[n+]1C)O3. The summed E-state index contributed by atoms with van der Waals surface area (Å²) >= 11 is 0. The topological polar surface area (TPSA) is 13.1 Å². The molecular formula is C29H26NO+. The van der Waals surface area contributed by atoms with Gasteiger partial charge in [-0.1, -0.05) is 56.3 Å². The Morgan fingerprint density at radius 2 is 1.65 bits per heavy atom. The fourth-order valence-corrected chi connectivity index (χ4v) is 5.24. The van der Waals surface area contributed by atoms with E-state index in [-0.39, 0.29) is 0 Å². The molecule has 0 radical (unpaired) electrons. The highest BCUT2D eigenvalue weighted by Gasteiger charge is 2.30. The number of rotatable bonds is 2. The van der Waals surface area contributed by atoms with Crippen LogP contribution in [-0.2, 0) is 13.5 Å². The molecule has 0 fully saturated rings. The van der Waals surface area contributed by atoms with Gasteiger partial charge in [-0.15, -0.1) is 0 Å². The van der Waals surface area contributed by atoms with Crippen molar-refractivity contribution in [3.8, 4) is 22.8 Å². The van der Waals surface area contributed by atoms with Crippen molar-refractivity contribution in [1.82, 2.24) is 0 Å². The molecule has 5 aromatic rings. The second-order valence-corrected chi connectivity index (χ2v) is 9.28. The zero-order valence-electron chi connectivity index (χ0n) is 18.5. The molecule has 0 bridgehead atoms. The Labute approximate surface area is 182 Å². The highest BCUT2D eigenvalue weighted by Crippen LogP contribution is 2.47. The Morgan fingerprint density at radius 1 is 0.839 bits per heavy atom. The number of aryl methyl sites for hydroxylation is 2. The standard InChI is InChI=1S/C29H26NO/c1-17(2)13-20-8-5-9-21-15-24-22(14-23(20)21)16-26-29(30(24)4)27-18(3)11-12-19-7-6-10-25(31-26)28(19)27/h5-12,14-17H,13H2,1-4H3/q+1. The van der Waals surface area contributed by atoms with Gasteiger partial charge in [-0.05, 0) is 58.7 Å². The summed E-state index contributed by atoms with van der Waals surface area (Å²) in [5.74, 6) is 2.51. The number of ether oxygens (including phenoxy) is 1. The minimum absolute atomic E-state index is 0.629. The number of hydrogen-bond donors (Lipinski definition) is 0. The predicted octanol–water partition coefficient (Wildman–Crippen LogP) is 7.25. The Kier molecular flexibility index (Phi) is 3.89. The largest absolute Gasteiger partial charge is 0.450 e. The summed E-state index contributed by atoms with van der Waals surface area (Å²) in [5.41, 5.74) is 6.37. The first-order valence-electron chi connectivity index (χ1n) is 11.1. The predicted molar refractivity (Wildman–Crippen MR) is 129 cm³/mol. The molecule has 1 aromatic heterocycles. The first-order valence-corrected chi connectivity index (χ1v) is 11.1. The van der Waals surface area contributed by atoms with Crippen LogP contribution in [0.1, 0.15) is 25.0 Å². The lowest BCUT2D eigenvalue weighted by Gasteiger charge is -2.21. The summed E-state index contributed by atoms with van der Waals surface area (Å²) in [6, 6.07) is 24.3. The molecule has 2 heterocycles. The van der Waals surface area contributed by atoms with Crippen molar-refractivity contribution in [2.75, 3.05) is 0 Å². The van der Waals surface area contributed by atoms with Crippen LogP contribution in [0.3, 0.4) is 0 Å². The summed E-state index contributed by atoms with van der Waals surface area (Å²) in [4.78, 5) is 0. The van der Waals surface area contributed by atoms with Crippen molar-refractivity contribution < 1.29 is 9.30 Å². The van der Waals surface area contributed by atoms with Gasteiger partial charge in [-0.25, -0.2) is 0 Å². The molecule has 4 aromatic carbocycles. The van der Waals surface area contributed by atoms with E-state index in [1.54, 1.807) is 0 Å². The monoisotopic (exact) mass is 404 g/mol. The van der Waals surface area contributed by atoms with E-state index in [1.807, 2.05) is 0 Å². The number of pyridine rings is 1. The molecule has 31 heavy (non-hydrogen) atoms. The van der Waals surface area contributed by atoms with Gasteiger partial charge in [0.2, 0.25) is 5.52 Å². The smallest absolute Gasteiger partial charge is 0.256 e. The fraction of sp³-hybridized carbons (Fsp3) is 0.207. The Bertz CT molecular complexity index is 1530. The van der Waals surface area contributed by atoms with Crippen LogP contribution in [0.4, 0.5) is 0 Å². The van der Waals surface area contributed by atoms with Crippen LogP contribution in [0, 0.1) is 12.8 Å². The van der Waals surface area contributed by atoms with E-state index in [0.29, 0.717) is 5.92 Å². The normalized spacial score (nSPS) is 12.5. The molecule has 1 aliphatic heterocycles. The number of benzene rings is 4. The maximum Gasteiger partial charge on any atom is 0.256 e. The van der Waals surface area contributed by atoms with Crippen LogP contribution >= 0.6 is 0 Å². The Morgan fingerprint density at radius 3 is 2.48 bits per heavy atom. The lowest BCUT2D eigenvalue weighted by atomic mass is 9.92. The second-order valence-electron chi connectivity index (χ2n) is 9.28. The molecule has 0 unspecified atom stereocenters. The third-order valence-corrected chi connectivity index (χ3v) is 6.64. The van der Waals surface area contributed by atoms with E-state index < -0.39 is 0 Å². The summed E-state index contributed by atoms with van der Waals surface area (Å²) < 4.78 is 8.80. The molecule has 0 atom stereocenters. The molecule has 0 spiro atoms. The average Bonchev–Trinajstić information content (AvgIpc) is 2.75. The number of hydrogen-bond acceptors (Lipinski definition) is 1. The number of aromatic nitrogens is 1. The van der Waals surface area contributed by atoms with Gasteiger partial charge < -0.3 is 4.74 Å². The van der Waals surface area contributed by atoms with Gasteiger partial charge >= 0.3 is 0 Å². The molecule has 2 heteroatoms. The lowest BCUT2D eigenvalue weighted by Crippen LogP contribution is -2.33. The third-order valence-electron chi connectivity index (χ3n) is 6.64. The van der Waals surface area contributed by atoms with Crippen LogP contribution in [-0.4, -0.2) is 0 Å². The highest BCUT2D eigenvalue weighted by atomic mass is 16.5. The molecule has 0 saturated carbocycles. The van der Waals surface area contributed by atoms with E-state index in [4.69, 9.17) is 4.74 Å². The Balaban J connectivity index is 1.70. The zero-order chi connectivity index (χ0) is 21.3. The average molecular weight is 405 g/mol. The van der Waals surface area contributed by atoms with Crippen LogP contribution < -0.4 is 9.30 Å². The zero-order valence-corrected chi connectivity index (χ0v) is 18.5. The van der Waals surface area contributed by atoms with Crippen molar-refractivity contribution in [2.45, 2.75) is 27.2 Å². The second kappa shape index (κ2) is 6.55. The van der Waals surface area contributed by atoms with Crippen LogP contribution in [0.5, 0.6) is 11.5 Å². The summed E-state index contributed by atoms with van der Waals surface area (Å²) in [7, 11) is 2.17. The van der Waals surface area contributed by atoms with Crippen molar-refractivity contribution in [3.63, 3.8) is 0 Å². The quantitative estimate of drug-likeness (QED) is 0.219. The van der Waals surface area contributed by atoms with Crippen molar-refractivity contribution in [3.05, 3.63) is 77.9 Å². The van der Waals surface area contributed by atoms with Crippen LogP contribution in [0.2, 0.25) is 0 Å². The molecule has 152 valence electrons. The molecule has 0 amide bonds. The van der Waals surface area contributed by atoms with Crippen molar-refractivity contribution >= 4 is 32.4 Å². The minimum atomic E-state index is 0.629. The summed E-state index contributed by atoms with van der Waals surface area (Å²) in [6.07, 6.45) is 1.09. The maximum atomic E-state index is 6.48. The van der Waals surface area contributed by atoms with E-state index in [1.165, 1.54) is 49.1 Å². The van der Waals surface area contributed by atoms with Gasteiger partial charge in [0.25, 0.3) is 5.69 Å². The maximum absolute atomic E-state index is 6.48. The van der Waals surface area contributed by atoms with Crippen LogP contribution in [0.25, 0.3) is 43.7 Å². The molecule has 1 aliphatic rings. The van der Waals surface area contributed by atoms with Gasteiger partial charge in [-0.2, -0.15) is 4.57 Å². The number of nitrogens with zero attached hydrogens (tertiary/aromatic N) is 1.